The lowest BCUT2D eigenvalue weighted by atomic mass is 10.0. The van der Waals surface area contributed by atoms with Crippen molar-refractivity contribution in [1.29, 1.82) is 0 Å². The van der Waals surface area contributed by atoms with Gasteiger partial charge in [-0.15, -0.1) is 0 Å². The van der Waals surface area contributed by atoms with E-state index >= 15 is 0 Å². The molecule has 0 aliphatic rings. The summed E-state index contributed by atoms with van der Waals surface area (Å²) in [6.45, 7) is 2.15. The van der Waals surface area contributed by atoms with Gasteiger partial charge in [0, 0.05) is 6.42 Å². The molecule has 0 fully saturated rings. The van der Waals surface area contributed by atoms with Gasteiger partial charge in [0.25, 0.3) is 0 Å². The first kappa shape index (κ1) is 22.4. The summed E-state index contributed by atoms with van der Waals surface area (Å²) in [7, 11) is 0. The van der Waals surface area contributed by atoms with E-state index < -0.39 is 18.0 Å². The highest BCUT2D eigenvalue weighted by molar-refractivity contribution is 6.13. The van der Waals surface area contributed by atoms with Crippen LogP contribution >= 0.6 is 0 Å². The first-order chi connectivity index (χ1) is 14.1. The lowest BCUT2D eigenvalue weighted by Crippen LogP contribution is -2.20. The smallest absolute Gasteiger partial charge is 0.345 e. The van der Waals surface area contributed by atoms with Gasteiger partial charge in [-0.3, -0.25) is 0 Å². The molecular formula is C25H30O4. The van der Waals surface area contributed by atoms with Gasteiger partial charge in [-0.25, -0.2) is 9.59 Å². The molecule has 2 aromatic carbocycles. The van der Waals surface area contributed by atoms with Gasteiger partial charge in [-0.2, -0.15) is 0 Å². The SMILES string of the molecule is CCCCCCCC=C(C(=O)O)C(=O)OC(Cc1ccccc1)c1ccccc1. The molecule has 1 atom stereocenters. The monoisotopic (exact) mass is 394 g/mol. The number of allylic oxidation sites excluding steroid dienone is 1. The number of benzene rings is 2. The Bertz CT molecular complexity index is 781. The first-order valence-corrected chi connectivity index (χ1v) is 10.3. The molecule has 29 heavy (non-hydrogen) atoms. The van der Waals surface area contributed by atoms with Crippen LogP contribution in [0.5, 0.6) is 0 Å². The van der Waals surface area contributed by atoms with Crippen molar-refractivity contribution in [2.24, 2.45) is 0 Å². The van der Waals surface area contributed by atoms with Crippen LogP contribution in [0.15, 0.2) is 72.3 Å². The molecule has 0 heterocycles. The van der Waals surface area contributed by atoms with Crippen molar-refractivity contribution in [2.75, 3.05) is 0 Å². The predicted octanol–water partition coefficient (Wildman–Crippen LogP) is 5.89. The fraction of sp³-hybridized carbons (Fsp3) is 0.360. The third kappa shape index (κ3) is 7.94. The van der Waals surface area contributed by atoms with Crippen LogP contribution in [-0.4, -0.2) is 17.0 Å². The summed E-state index contributed by atoms with van der Waals surface area (Å²) in [5, 5.41) is 9.49. The van der Waals surface area contributed by atoms with Crippen molar-refractivity contribution in [2.45, 2.75) is 58.0 Å². The minimum absolute atomic E-state index is 0.283. The Morgan fingerprint density at radius 3 is 2.17 bits per heavy atom. The number of ether oxygens (including phenoxy) is 1. The van der Waals surface area contributed by atoms with E-state index in [1.165, 1.54) is 12.5 Å². The Hall–Kier alpha value is -2.88. The second kappa shape index (κ2) is 12.6. The standard InChI is InChI=1S/C25H30O4/c1-2-3-4-5-6-13-18-22(24(26)27)25(28)29-23(21-16-11-8-12-17-21)19-20-14-9-7-10-15-20/h7-12,14-18,23H,2-6,13,19H2,1H3,(H,26,27). The number of hydrogen-bond acceptors (Lipinski definition) is 3. The van der Waals surface area contributed by atoms with Gasteiger partial charge in [-0.05, 0) is 24.0 Å². The molecule has 1 N–H and O–H groups in total. The molecular weight excluding hydrogens is 364 g/mol. The minimum Gasteiger partial charge on any atom is -0.477 e. The molecule has 0 amide bonds. The first-order valence-electron chi connectivity index (χ1n) is 10.3. The van der Waals surface area contributed by atoms with E-state index in [0.29, 0.717) is 12.8 Å². The number of carboxylic acids is 1. The zero-order chi connectivity index (χ0) is 20.9. The van der Waals surface area contributed by atoms with E-state index in [2.05, 4.69) is 6.92 Å². The Morgan fingerprint density at radius 2 is 1.55 bits per heavy atom. The van der Waals surface area contributed by atoms with Crippen molar-refractivity contribution in [1.82, 2.24) is 0 Å². The summed E-state index contributed by atoms with van der Waals surface area (Å²) in [6, 6.07) is 19.2. The molecule has 0 saturated carbocycles. The molecule has 0 radical (unpaired) electrons. The summed E-state index contributed by atoms with van der Waals surface area (Å²) >= 11 is 0. The molecule has 0 spiro atoms. The fourth-order valence-electron chi connectivity index (χ4n) is 3.17. The molecule has 1 unspecified atom stereocenters. The Balaban J connectivity index is 2.08. The summed E-state index contributed by atoms with van der Waals surface area (Å²) in [4.78, 5) is 24.3. The lowest BCUT2D eigenvalue weighted by molar-refractivity contribution is -0.148. The van der Waals surface area contributed by atoms with Crippen molar-refractivity contribution in [3.8, 4) is 0 Å². The molecule has 0 aromatic heterocycles. The molecule has 4 heteroatoms. The normalized spacial score (nSPS) is 12.4. The van der Waals surface area contributed by atoms with Gasteiger partial charge >= 0.3 is 11.9 Å². The largest absolute Gasteiger partial charge is 0.477 e. The molecule has 0 aliphatic heterocycles. The van der Waals surface area contributed by atoms with Crippen LogP contribution in [0.4, 0.5) is 0 Å². The quantitative estimate of drug-likeness (QED) is 0.160. The van der Waals surface area contributed by atoms with E-state index in [4.69, 9.17) is 4.74 Å². The number of esters is 1. The topological polar surface area (TPSA) is 63.6 Å². The average molecular weight is 395 g/mol. The van der Waals surface area contributed by atoms with E-state index in [-0.39, 0.29) is 5.57 Å². The molecule has 2 rings (SSSR count). The maximum absolute atomic E-state index is 12.7. The van der Waals surface area contributed by atoms with E-state index in [1.807, 2.05) is 60.7 Å². The van der Waals surface area contributed by atoms with Crippen molar-refractivity contribution in [3.05, 3.63) is 83.4 Å². The van der Waals surface area contributed by atoms with Crippen molar-refractivity contribution in [3.63, 3.8) is 0 Å². The molecule has 2 aromatic rings. The third-order valence-corrected chi connectivity index (χ3v) is 4.79. The fourth-order valence-corrected chi connectivity index (χ4v) is 3.17. The number of rotatable bonds is 12. The average Bonchev–Trinajstić information content (AvgIpc) is 2.73. The maximum atomic E-state index is 12.7. The van der Waals surface area contributed by atoms with Crippen LogP contribution in [0, 0.1) is 0 Å². The number of carboxylic acid groups (broad SMARTS) is 1. The molecule has 0 aliphatic carbocycles. The Morgan fingerprint density at radius 1 is 0.931 bits per heavy atom. The van der Waals surface area contributed by atoms with E-state index in [0.717, 1.165) is 36.8 Å². The second-order valence-corrected chi connectivity index (χ2v) is 7.12. The van der Waals surface area contributed by atoms with Gasteiger partial charge in [0.15, 0.2) is 0 Å². The predicted molar refractivity (Wildman–Crippen MR) is 115 cm³/mol. The van der Waals surface area contributed by atoms with Crippen molar-refractivity contribution >= 4 is 11.9 Å². The molecule has 4 nitrogen and oxygen atoms in total. The highest BCUT2D eigenvalue weighted by Crippen LogP contribution is 2.24. The highest BCUT2D eigenvalue weighted by atomic mass is 16.5. The van der Waals surface area contributed by atoms with Gasteiger partial charge in [0.2, 0.25) is 0 Å². The van der Waals surface area contributed by atoms with Gasteiger partial charge in [0.1, 0.15) is 11.7 Å². The zero-order valence-electron chi connectivity index (χ0n) is 17.0. The summed E-state index contributed by atoms with van der Waals surface area (Å²) < 4.78 is 5.67. The van der Waals surface area contributed by atoms with Crippen LogP contribution in [0.25, 0.3) is 0 Å². The maximum Gasteiger partial charge on any atom is 0.345 e. The second-order valence-electron chi connectivity index (χ2n) is 7.12. The van der Waals surface area contributed by atoms with Crippen LogP contribution in [0.1, 0.15) is 62.7 Å². The molecule has 0 saturated heterocycles. The number of carbonyl (C=O) groups is 2. The third-order valence-electron chi connectivity index (χ3n) is 4.79. The van der Waals surface area contributed by atoms with Crippen molar-refractivity contribution < 1.29 is 19.4 Å². The highest BCUT2D eigenvalue weighted by Gasteiger charge is 2.24. The van der Waals surface area contributed by atoms with Gasteiger partial charge in [0.05, 0.1) is 0 Å². The Kier molecular flexibility index (Phi) is 9.70. The van der Waals surface area contributed by atoms with E-state index in [1.54, 1.807) is 0 Å². The lowest BCUT2D eigenvalue weighted by Gasteiger charge is -2.19. The van der Waals surface area contributed by atoms with Crippen LogP contribution in [-0.2, 0) is 20.7 Å². The number of aliphatic carboxylic acids is 1. The minimum atomic E-state index is -1.24. The molecule has 154 valence electrons. The Labute approximate surface area is 173 Å². The zero-order valence-corrected chi connectivity index (χ0v) is 17.0. The number of unbranched alkanes of at least 4 members (excludes halogenated alkanes) is 5. The number of hydrogen-bond donors (Lipinski definition) is 1. The van der Waals surface area contributed by atoms with E-state index in [9.17, 15) is 14.7 Å². The summed E-state index contributed by atoms with van der Waals surface area (Å²) in [5.41, 5.74) is 1.58. The van der Waals surface area contributed by atoms with Gasteiger partial charge < -0.3 is 9.84 Å². The van der Waals surface area contributed by atoms with Crippen LogP contribution in [0.2, 0.25) is 0 Å². The summed E-state index contributed by atoms with van der Waals surface area (Å²) in [6.07, 6.45) is 7.38. The number of carbonyl (C=O) groups excluding carboxylic acids is 1. The summed E-state index contributed by atoms with van der Waals surface area (Å²) in [5.74, 6) is -2.02. The van der Waals surface area contributed by atoms with Gasteiger partial charge in [-0.1, -0.05) is 99.3 Å². The van der Waals surface area contributed by atoms with Crippen LogP contribution in [0.3, 0.4) is 0 Å². The molecule has 0 bridgehead atoms. The van der Waals surface area contributed by atoms with Crippen LogP contribution < -0.4 is 0 Å².